The van der Waals surface area contributed by atoms with Crippen LogP contribution in [0.4, 0.5) is 8.78 Å². The predicted octanol–water partition coefficient (Wildman–Crippen LogP) is 3.43. The van der Waals surface area contributed by atoms with Gasteiger partial charge in [-0.25, -0.2) is 13.8 Å². The molecular weight excluding hydrogens is 234 g/mol. The van der Waals surface area contributed by atoms with Gasteiger partial charge >= 0.3 is 0 Å². The molecule has 0 aliphatic rings. The summed E-state index contributed by atoms with van der Waals surface area (Å²) in [7, 11) is 0. The third kappa shape index (κ3) is 1.86. The Labute approximate surface area is 102 Å². The summed E-state index contributed by atoms with van der Waals surface area (Å²) in [6, 6.07) is 11.7. The van der Waals surface area contributed by atoms with Gasteiger partial charge in [0.25, 0.3) is 0 Å². The molecule has 0 radical (unpaired) electrons. The zero-order chi connectivity index (χ0) is 12.5. The molecule has 4 heteroatoms. The van der Waals surface area contributed by atoms with Gasteiger partial charge in [0.05, 0.1) is 11.0 Å². The van der Waals surface area contributed by atoms with Crippen molar-refractivity contribution < 1.29 is 8.78 Å². The van der Waals surface area contributed by atoms with Gasteiger partial charge in [0.1, 0.15) is 5.82 Å². The quantitative estimate of drug-likeness (QED) is 0.735. The molecule has 0 aliphatic heterocycles. The van der Waals surface area contributed by atoms with Crippen LogP contribution in [0.1, 0.15) is 11.4 Å². The number of hydrogen-bond donors (Lipinski definition) is 1. The lowest BCUT2D eigenvalue weighted by atomic mass is 10.1. The average molecular weight is 244 g/mol. The zero-order valence-electron chi connectivity index (χ0n) is 9.45. The number of hydrogen-bond acceptors (Lipinski definition) is 1. The van der Waals surface area contributed by atoms with E-state index in [4.69, 9.17) is 0 Å². The predicted molar refractivity (Wildman–Crippen MR) is 65.3 cm³/mol. The van der Waals surface area contributed by atoms with Crippen molar-refractivity contribution in [3.8, 4) is 0 Å². The topological polar surface area (TPSA) is 28.7 Å². The minimum Gasteiger partial charge on any atom is -0.342 e. The summed E-state index contributed by atoms with van der Waals surface area (Å²) in [4.78, 5) is 7.42. The fourth-order valence-corrected chi connectivity index (χ4v) is 1.95. The van der Waals surface area contributed by atoms with Crippen LogP contribution >= 0.6 is 0 Å². The van der Waals surface area contributed by atoms with Crippen molar-refractivity contribution in [1.29, 1.82) is 0 Å². The molecule has 0 bridgehead atoms. The molecular formula is C14H10F2N2. The molecule has 1 aromatic heterocycles. The summed E-state index contributed by atoms with van der Waals surface area (Å²) in [5.74, 6) is -1.01. The highest BCUT2D eigenvalue weighted by molar-refractivity contribution is 5.74. The van der Waals surface area contributed by atoms with E-state index in [1.54, 1.807) is 6.07 Å². The Morgan fingerprint density at radius 1 is 1.00 bits per heavy atom. The second-order valence-electron chi connectivity index (χ2n) is 4.09. The van der Waals surface area contributed by atoms with Crippen LogP contribution in [0, 0.1) is 11.6 Å². The fraction of sp³-hybridized carbons (Fsp3) is 0.0714. The van der Waals surface area contributed by atoms with E-state index in [1.165, 1.54) is 6.07 Å². The van der Waals surface area contributed by atoms with Crippen LogP contribution in [0.2, 0.25) is 0 Å². The molecule has 1 N–H and O–H groups in total. The first-order valence-corrected chi connectivity index (χ1v) is 5.60. The summed E-state index contributed by atoms with van der Waals surface area (Å²) in [6.07, 6.45) is 0.248. The molecule has 3 rings (SSSR count). The summed E-state index contributed by atoms with van der Waals surface area (Å²) in [5, 5.41) is 0. The number of aromatic nitrogens is 2. The number of halogens is 2. The Morgan fingerprint density at radius 3 is 2.67 bits per heavy atom. The number of rotatable bonds is 2. The van der Waals surface area contributed by atoms with Gasteiger partial charge in [-0.15, -0.1) is 0 Å². The van der Waals surface area contributed by atoms with Crippen molar-refractivity contribution in [1.82, 2.24) is 9.97 Å². The van der Waals surface area contributed by atoms with Gasteiger partial charge < -0.3 is 4.98 Å². The Hall–Kier alpha value is -2.23. The lowest BCUT2D eigenvalue weighted by Crippen LogP contribution is -1.97. The number of nitrogens with zero attached hydrogens (tertiary/aromatic N) is 1. The molecule has 0 saturated carbocycles. The van der Waals surface area contributed by atoms with E-state index in [0.717, 1.165) is 17.1 Å². The summed E-state index contributed by atoms with van der Waals surface area (Å²) in [6.45, 7) is 0. The van der Waals surface area contributed by atoms with Gasteiger partial charge in [-0.3, -0.25) is 0 Å². The van der Waals surface area contributed by atoms with Gasteiger partial charge in [0.15, 0.2) is 11.6 Å². The average Bonchev–Trinajstić information content (AvgIpc) is 2.77. The Balaban J connectivity index is 1.99. The monoisotopic (exact) mass is 244 g/mol. The molecule has 1 heterocycles. The van der Waals surface area contributed by atoms with E-state index in [-0.39, 0.29) is 6.42 Å². The van der Waals surface area contributed by atoms with Crippen LogP contribution in [0.3, 0.4) is 0 Å². The molecule has 0 amide bonds. The highest BCUT2D eigenvalue weighted by Crippen LogP contribution is 2.17. The first kappa shape index (κ1) is 10.9. The Bertz CT molecular complexity index is 671. The van der Waals surface area contributed by atoms with Crippen LogP contribution in [-0.4, -0.2) is 9.97 Å². The van der Waals surface area contributed by atoms with Crippen molar-refractivity contribution >= 4 is 11.0 Å². The summed E-state index contributed by atoms with van der Waals surface area (Å²) in [5.41, 5.74) is 2.02. The molecule has 0 saturated heterocycles. The van der Waals surface area contributed by atoms with Crippen LogP contribution in [0.25, 0.3) is 11.0 Å². The van der Waals surface area contributed by atoms with Crippen molar-refractivity contribution in [3.63, 3.8) is 0 Å². The lowest BCUT2D eigenvalue weighted by molar-refractivity contribution is 0.500. The summed E-state index contributed by atoms with van der Waals surface area (Å²) < 4.78 is 26.6. The van der Waals surface area contributed by atoms with E-state index < -0.39 is 11.6 Å². The lowest BCUT2D eigenvalue weighted by Gasteiger charge is -2.01. The molecule has 0 fully saturated rings. The van der Waals surface area contributed by atoms with Crippen molar-refractivity contribution in [2.24, 2.45) is 0 Å². The standard InChI is InChI=1S/C14H10F2N2/c15-10-5-3-4-9(14(10)16)8-13-17-11-6-1-2-7-12(11)18-13/h1-7H,8H2,(H,17,18). The van der Waals surface area contributed by atoms with E-state index in [2.05, 4.69) is 9.97 Å². The van der Waals surface area contributed by atoms with Crippen molar-refractivity contribution in [2.75, 3.05) is 0 Å². The third-order valence-corrected chi connectivity index (χ3v) is 2.83. The highest BCUT2D eigenvalue weighted by Gasteiger charge is 2.10. The van der Waals surface area contributed by atoms with E-state index >= 15 is 0 Å². The number of imidazole rings is 1. The van der Waals surface area contributed by atoms with E-state index in [0.29, 0.717) is 11.4 Å². The molecule has 3 aromatic rings. The maximum Gasteiger partial charge on any atom is 0.162 e. The van der Waals surface area contributed by atoms with Crippen molar-refractivity contribution in [3.05, 3.63) is 65.5 Å². The molecule has 18 heavy (non-hydrogen) atoms. The van der Waals surface area contributed by atoms with Crippen LogP contribution < -0.4 is 0 Å². The maximum atomic E-state index is 13.5. The van der Waals surface area contributed by atoms with Crippen LogP contribution in [0.15, 0.2) is 42.5 Å². The van der Waals surface area contributed by atoms with Gasteiger partial charge in [0, 0.05) is 6.42 Å². The van der Waals surface area contributed by atoms with Gasteiger partial charge in [-0.1, -0.05) is 24.3 Å². The first-order valence-electron chi connectivity index (χ1n) is 5.60. The Morgan fingerprint density at radius 2 is 1.83 bits per heavy atom. The zero-order valence-corrected chi connectivity index (χ0v) is 9.45. The van der Waals surface area contributed by atoms with Gasteiger partial charge in [-0.05, 0) is 23.8 Å². The SMILES string of the molecule is Fc1cccc(Cc2nc3ccccc3[nH]2)c1F. The second kappa shape index (κ2) is 4.22. The number of aromatic amines is 1. The molecule has 0 atom stereocenters. The second-order valence-corrected chi connectivity index (χ2v) is 4.09. The van der Waals surface area contributed by atoms with Crippen molar-refractivity contribution in [2.45, 2.75) is 6.42 Å². The number of fused-ring (bicyclic) bond motifs is 1. The minimum atomic E-state index is -0.830. The van der Waals surface area contributed by atoms with Crippen LogP contribution in [0.5, 0.6) is 0 Å². The number of benzene rings is 2. The molecule has 90 valence electrons. The molecule has 2 aromatic carbocycles. The van der Waals surface area contributed by atoms with Crippen LogP contribution in [-0.2, 0) is 6.42 Å². The van der Waals surface area contributed by atoms with E-state index in [9.17, 15) is 8.78 Å². The maximum absolute atomic E-state index is 13.5. The minimum absolute atomic E-state index is 0.248. The normalized spacial score (nSPS) is 11.0. The number of nitrogens with one attached hydrogen (secondary N) is 1. The smallest absolute Gasteiger partial charge is 0.162 e. The largest absolute Gasteiger partial charge is 0.342 e. The Kier molecular flexibility index (Phi) is 2.55. The molecule has 0 spiro atoms. The molecule has 2 nitrogen and oxygen atoms in total. The third-order valence-electron chi connectivity index (χ3n) is 2.83. The van der Waals surface area contributed by atoms with Gasteiger partial charge in [0.2, 0.25) is 0 Å². The highest BCUT2D eigenvalue weighted by atomic mass is 19.2. The molecule has 0 aliphatic carbocycles. The fourth-order valence-electron chi connectivity index (χ4n) is 1.95. The number of H-pyrrole nitrogens is 1. The number of para-hydroxylation sites is 2. The first-order chi connectivity index (χ1) is 8.74. The molecule has 0 unspecified atom stereocenters. The summed E-state index contributed by atoms with van der Waals surface area (Å²) >= 11 is 0. The van der Waals surface area contributed by atoms with E-state index in [1.807, 2.05) is 24.3 Å². The van der Waals surface area contributed by atoms with Gasteiger partial charge in [-0.2, -0.15) is 0 Å².